The molecule has 30 heavy (non-hydrogen) atoms. The summed E-state index contributed by atoms with van der Waals surface area (Å²) in [7, 11) is 1.68. The minimum Gasteiger partial charge on any atom is -0.497 e. The first-order chi connectivity index (χ1) is 14.8. The molecule has 1 saturated heterocycles. The average molecular weight is 408 g/mol. The summed E-state index contributed by atoms with van der Waals surface area (Å²) in [6, 6.07) is 8.40. The molecule has 0 radical (unpaired) electrons. The van der Waals surface area contributed by atoms with Crippen molar-refractivity contribution in [3.63, 3.8) is 0 Å². The summed E-state index contributed by atoms with van der Waals surface area (Å²) >= 11 is 0. The van der Waals surface area contributed by atoms with Gasteiger partial charge in [-0.25, -0.2) is 9.97 Å². The number of methoxy groups -OCH3 is 1. The number of aromatic nitrogens is 4. The molecule has 7 nitrogen and oxygen atoms in total. The number of hydrogen-bond donors (Lipinski definition) is 1. The molecule has 1 unspecified atom stereocenters. The number of nitrogens with zero attached hydrogens (tertiary/aromatic N) is 4. The summed E-state index contributed by atoms with van der Waals surface area (Å²) in [4.78, 5) is 14.5. The van der Waals surface area contributed by atoms with Crippen LogP contribution in [0.3, 0.4) is 0 Å². The van der Waals surface area contributed by atoms with E-state index in [1.54, 1.807) is 7.11 Å². The van der Waals surface area contributed by atoms with Crippen molar-refractivity contribution in [2.24, 2.45) is 0 Å². The first kappa shape index (κ1) is 19.3. The third kappa shape index (κ3) is 3.86. The summed E-state index contributed by atoms with van der Waals surface area (Å²) in [5.74, 6) is 1.50. The molecule has 1 aromatic carbocycles. The maximum absolute atomic E-state index is 6.02. The quantitative estimate of drug-likeness (QED) is 0.645. The largest absolute Gasteiger partial charge is 0.497 e. The topological polar surface area (TPSA) is 74.1 Å². The van der Waals surface area contributed by atoms with E-state index in [1.165, 1.54) is 32.1 Å². The molecule has 2 aliphatic rings. The van der Waals surface area contributed by atoms with Crippen LogP contribution in [-0.2, 0) is 4.74 Å². The van der Waals surface area contributed by atoms with Gasteiger partial charge < -0.3 is 14.8 Å². The molecule has 3 aromatic rings. The van der Waals surface area contributed by atoms with Crippen LogP contribution in [0, 0.1) is 0 Å². The highest BCUT2D eigenvalue weighted by molar-refractivity contribution is 5.88. The molecule has 1 N–H and O–H groups in total. The zero-order valence-corrected chi connectivity index (χ0v) is 17.5. The van der Waals surface area contributed by atoms with Gasteiger partial charge in [-0.3, -0.25) is 4.57 Å². The fraction of sp³-hybridized carbons (Fsp3) is 0.522. The molecule has 2 aromatic heterocycles. The van der Waals surface area contributed by atoms with E-state index in [0.29, 0.717) is 12.0 Å². The van der Waals surface area contributed by atoms with E-state index < -0.39 is 0 Å². The van der Waals surface area contributed by atoms with Gasteiger partial charge in [-0.2, -0.15) is 4.98 Å². The molecule has 7 heteroatoms. The first-order valence-corrected chi connectivity index (χ1v) is 11.1. The van der Waals surface area contributed by atoms with E-state index in [2.05, 4.69) is 9.88 Å². The van der Waals surface area contributed by atoms with Gasteiger partial charge in [0.2, 0.25) is 5.95 Å². The molecule has 3 heterocycles. The number of imidazole rings is 1. The monoisotopic (exact) mass is 407 g/mol. The lowest BCUT2D eigenvalue weighted by molar-refractivity contribution is -0.0298. The predicted octanol–water partition coefficient (Wildman–Crippen LogP) is 4.95. The maximum Gasteiger partial charge on any atom is 0.225 e. The zero-order chi connectivity index (χ0) is 20.3. The second-order valence-corrected chi connectivity index (χ2v) is 8.25. The summed E-state index contributed by atoms with van der Waals surface area (Å²) in [5.41, 5.74) is 3.49. The van der Waals surface area contributed by atoms with Gasteiger partial charge in [-0.05, 0) is 56.4 Å². The molecule has 1 aliphatic carbocycles. The van der Waals surface area contributed by atoms with E-state index in [1.807, 2.05) is 30.6 Å². The average Bonchev–Trinajstić information content (AvgIpc) is 3.24. The lowest BCUT2D eigenvalue weighted by Gasteiger charge is -2.25. The summed E-state index contributed by atoms with van der Waals surface area (Å²) in [5, 5.41) is 3.60. The van der Waals surface area contributed by atoms with Crippen LogP contribution in [0.5, 0.6) is 5.75 Å². The van der Waals surface area contributed by atoms with Crippen molar-refractivity contribution >= 4 is 17.1 Å². The minimum atomic E-state index is -0.00935. The van der Waals surface area contributed by atoms with Gasteiger partial charge in [0.15, 0.2) is 5.65 Å². The van der Waals surface area contributed by atoms with Crippen molar-refractivity contribution in [3.8, 4) is 17.0 Å². The second-order valence-electron chi connectivity index (χ2n) is 8.25. The Hall–Kier alpha value is -2.67. The predicted molar refractivity (Wildman–Crippen MR) is 117 cm³/mol. The Morgan fingerprint density at radius 1 is 1.00 bits per heavy atom. The van der Waals surface area contributed by atoms with Crippen LogP contribution >= 0.6 is 0 Å². The van der Waals surface area contributed by atoms with Crippen LogP contribution in [-0.4, -0.2) is 39.3 Å². The minimum absolute atomic E-state index is 0.00935. The van der Waals surface area contributed by atoms with Crippen molar-refractivity contribution in [1.29, 1.82) is 0 Å². The number of benzene rings is 1. The van der Waals surface area contributed by atoms with Gasteiger partial charge in [0.1, 0.15) is 23.2 Å². The Morgan fingerprint density at radius 3 is 2.53 bits per heavy atom. The van der Waals surface area contributed by atoms with Gasteiger partial charge in [-0.1, -0.05) is 19.3 Å². The van der Waals surface area contributed by atoms with Gasteiger partial charge in [0.25, 0.3) is 0 Å². The fourth-order valence-corrected chi connectivity index (χ4v) is 4.51. The standard InChI is InChI=1S/C23H29N5O2/c1-29-18-12-10-16(11-13-18)20-21-22(28(15-24-21)19-9-5-6-14-30-19)27-23(26-20)25-17-7-3-2-4-8-17/h10-13,15,17,19H,2-9,14H2,1H3,(H,25,26,27). The van der Waals surface area contributed by atoms with Gasteiger partial charge in [0, 0.05) is 18.2 Å². The number of fused-ring (bicyclic) bond motifs is 1. The van der Waals surface area contributed by atoms with E-state index >= 15 is 0 Å². The second kappa shape index (κ2) is 8.60. The smallest absolute Gasteiger partial charge is 0.225 e. The van der Waals surface area contributed by atoms with Crippen LogP contribution in [0.2, 0.25) is 0 Å². The lowest BCUT2D eigenvalue weighted by Crippen LogP contribution is -2.24. The van der Waals surface area contributed by atoms with Gasteiger partial charge >= 0.3 is 0 Å². The summed E-state index contributed by atoms with van der Waals surface area (Å²) in [6.45, 7) is 0.786. The molecule has 5 rings (SSSR count). The molecule has 1 aliphatic heterocycles. The molecular weight excluding hydrogens is 378 g/mol. The third-order valence-corrected chi connectivity index (χ3v) is 6.19. The highest BCUT2D eigenvalue weighted by Gasteiger charge is 2.23. The molecule has 0 bridgehead atoms. The van der Waals surface area contributed by atoms with Gasteiger partial charge in [0.05, 0.1) is 13.4 Å². The first-order valence-electron chi connectivity index (χ1n) is 11.1. The number of hydrogen-bond acceptors (Lipinski definition) is 6. The highest BCUT2D eigenvalue weighted by atomic mass is 16.5. The van der Waals surface area contributed by atoms with Gasteiger partial charge in [-0.15, -0.1) is 0 Å². The fourth-order valence-electron chi connectivity index (χ4n) is 4.51. The molecular formula is C23H29N5O2. The zero-order valence-electron chi connectivity index (χ0n) is 17.5. The lowest BCUT2D eigenvalue weighted by atomic mass is 9.96. The molecule has 0 spiro atoms. The Balaban J connectivity index is 1.57. The SMILES string of the molecule is COc1ccc(-c2nc(NC3CCCCC3)nc3c2ncn3C2CCCCO2)cc1. The maximum atomic E-state index is 6.02. The van der Waals surface area contributed by atoms with Crippen LogP contribution in [0.15, 0.2) is 30.6 Å². The Morgan fingerprint density at radius 2 is 1.80 bits per heavy atom. The molecule has 2 fully saturated rings. The van der Waals surface area contributed by atoms with E-state index in [4.69, 9.17) is 24.4 Å². The normalized spacial score (nSPS) is 20.4. The van der Waals surface area contributed by atoms with Crippen molar-refractivity contribution in [1.82, 2.24) is 19.5 Å². The van der Waals surface area contributed by atoms with Crippen molar-refractivity contribution < 1.29 is 9.47 Å². The number of rotatable bonds is 5. The van der Waals surface area contributed by atoms with Crippen LogP contribution in [0.1, 0.15) is 57.6 Å². The number of anilines is 1. The van der Waals surface area contributed by atoms with Crippen LogP contribution < -0.4 is 10.1 Å². The van der Waals surface area contributed by atoms with E-state index in [9.17, 15) is 0 Å². The molecule has 158 valence electrons. The highest BCUT2D eigenvalue weighted by Crippen LogP contribution is 2.32. The Kier molecular flexibility index (Phi) is 5.53. The Labute approximate surface area is 176 Å². The number of ether oxygens (including phenoxy) is 2. The van der Waals surface area contributed by atoms with E-state index in [0.717, 1.165) is 54.0 Å². The van der Waals surface area contributed by atoms with Crippen molar-refractivity contribution in [2.45, 2.75) is 63.6 Å². The summed E-state index contributed by atoms with van der Waals surface area (Å²) < 4.78 is 13.4. The van der Waals surface area contributed by atoms with Crippen LogP contribution in [0.4, 0.5) is 5.95 Å². The Bertz CT molecular complexity index is 989. The third-order valence-electron chi connectivity index (χ3n) is 6.19. The van der Waals surface area contributed by atoms with Crippen LogP contribution in [0.25, 0.3) is 22.4 Å². The van der Waals surface area contributed by atoms with Crippen molar-refractivity contribution in [3.05, 3.63) is 30.6 Å². The van der Waals surface area contributed by atoms with E-state index in [-0.39, 0.29) is 6.23 Å². The van der Waals surface area contributed by atoms with Crippen molar-refractivity contribution in [2.75, 3.05) is 19.0 Å². The molecule has 1 atom stereocenters. The summed E-state index contributed by atoms with van der Waals surface area (Å²) in [6.07, 6.45) is 11.3. The number of nitrogens with one attached hydrogen (secondary N) is 1. The molecule has 0 amide bonds. The molecule has 1 saturated carbocycles.